The van der Waals surface area contributed by atoms with Gasteiger partial charge in [0.1, 0.15) is 5.75 Å². The predicted molar refractivity (Wildman–Crippen MR) is 87.7 cm³/mol. The number of anilines is 1. The molecule has 1 aromatic carbocycles. The van der Waals surface area contributed by atoms with Gasteiger partial charge in [0.15, 0.2) is 0 Å². The van der Waals surface area contributed by atoms with Crippen LogP contribution in [-0.2, 0) is 0 Å². The van der Waals surface area contributed by atoms with E-state index in [4.69, 9.17) is 10.00 Å². The van der Waals surface area contributed by atoms with Crippen molar-refractivity contribution in [3.8, 4) is 17.7 Å². The summed E-state index contributed by atoms with van der Waals surface area (Å²) in [5, 5.41) is 11.6. The maximum atomic E-state index is 12.1. The zero-order valence-electron chi connectivity index (χ0n) is 12.5. The van der Waals surface area contributed by atoms with E-state index in [1.54, 1.807) is 60.9 Å². The Hall–Kier alpha value is -3.72. The summed E-state index contributed by atoms with van der Waals surface area (Å²) in [5.74, 6) is 0.561. The Labute approximate surface area is 138 Å². The number of hydrogen-bond acceptors (Lipinski definition) is 5. The molecule has 0 fully saturated rings. The zero-order valence-corrected chi connectivity index (χ0v) is 12.5. The Balaban J connectivity index is 1.69. The number of pyridine rings is 2. The molecule has 0 atom stereocenters. The lowest BCUT2D eigenvalue weighted by Crippen LogP contribution is -2.12. The summed E-state index contributed by atoms with van der Waals surface area (Å²) < 4.78 is 5.57. The first-order valence-electron chi connectivity index (χ1n) is 7.10. The van der Waals surface area contributed by atoms with Crippen molar-refractivity contribution in [3.05, 3.63) is 78.2 Å². The highest BCUT2D eigenvalue weighted by Gasteiger charge is 2.08. The molecular formula is C18H12N4O2. The number of nitriles is 1. The summed E-state index contributed by atoms with van der Waals surface area (Å²) in [4.78, 5) is 20.2. The smallest absolute Gasteiger partial charge is 0.257 e. The van der Waals surface area contributed by atoms with Crippen LogP contribution in [0.15, 0.2) is 67.1 Å². The summed E-state index contributed by atoms with van der Waals surface area (Å²) in [6, 6.07) is 15.5. The van der Waals surface area contributed by atoms with Crippen LogP contribution in [0.5, 0.6) is 11.6 Å². The molecule has 24 heavy (non-hydrogen) atoms. The van der Waals surface area contributed by atoms with E-state index in [0.717, 1.165) is 0 Å². The molecule has 0 aliphatic heterocycles. The first kappa shape index (κ1) is 15.2. The third-order valence-electron chi connectivity index (χ3n) is 3.10. The Morgan fingerprint density at radius 2 is 2.04 bits per heavy atom. The van der Waals surface area contributed by atoms with Crippen LogP contribution in [-0.4, -0.2) is 15.9 Å². The van der Waals surface area contributed by atoms with Crippen LogP contribution in [0.25, 0.3) is 0 Å². The van der Waals surface area contributed by atoms with Crippen LogP contribution < -0.4 is 10.1 Å². The summed E-state index contributed by atoms with van der Waals surface area (Å²) in [5.41, 5.74) is 1.51. The Morgan fingerprint density at radius 1 is 1.12 bits per heavy atom. The molecule has 1 N–H and O–H groups in total. The number of carbonyl (C=O) groups excluding carboxylic acids is 1. The minimum absolute atomic E-state index is 0.284. The fraction of sp³-hybridized carbons (Fsp3) is 0. The van der Waals surface area contributed by atoms with E-state index in [0.29, 0.717) is 28.4 Å². The van der Waals surface area contributed by atoms with Crippen LogP contribution in [0.4, 0.5) is 5.69 Å². The molecule has 3 rings (SSSR count). The molecule has 2 aromatic heterocycles. The van der Waals surface area contributed by atoms with E-state index >= 15 is 0 Å². The molecule has 0 radical (unpaired) electrons. The van der Waals surface area contributed by atoms with Crippen LogP contribution >= 0.6 is 0 Å². The summed E-state index contributed by atoms with van der Waals surface area (Å²) in [7, 11) is 0. The molecule has 0 saturated heterocycles. The monoisotopic (exact) mass is 316 g/mol. The quantitative estimate of drug-likeness (QED) is 0.797. The number of amides is 1. The van der Waals surface area contributed by atoms with Crippen molar-refractivity contribution in [2.24, 2.45) is 0 Å². The van der Waals surface area contributed by atoms with Gasteiger partial charge in [-0.15, -0.1) is 0 Å². The number of carbonyl (C=O) groups is 1. The molecule has 3 aromatic rings. The van der Waals surface area contributed by atoms with Crippen molar-refractivity contribution >= 4 is 11.6 Å². The van der Waals surface area contributed by atoms with E-state index in [9.17, 15) is 4.79 Å². The Kier molecular flexibility index (Phi) is 4.45. The van der Waals surface area contributed by atoms with Gasteiger partial charge in [-0.05, 0) is 36.4 Å². The molecule has 0 unspecified atom stereocenters. The van der Waals surface area contributed by atoms with Gasteiger partial charge in [-0.25, -0.2) is 4.98 Å². The van der Waals surface area contributed by atoms with Crippen molar-refractivity contribution in [2.45, 2.75) is 0 Å². The molecule has 0 aliphatic rings. The van der Waals surface area contributed by atoms with Gasteiger partial charge in [-0.2, -0.15) is 5.26 Å². The minimum Gasteiger partial charge on any atom is -0.439 e. The summed E-state index contributed by atoms with van der Waals surface area (Å²) >= 11 is 0. The number of benzene rings is 1. The van der Waals surface area contributed by atoms with Crippen molar-refractivity contribution in [2.75, 3.05) is 5.32 Å². The van der Waals surface area contributed by atoms with Crippen LogP contribution in [0.2, 0.25) is 0 Å². The van der Waals surface area contributed by atoms with Gasteiger partial charge in [0.05, 0.1) is 29.1 Å². The van der Waals surface area contributed by atoms with E-state index in [1.807, 2.05) is 6.07 Å². The van der Waals surface area contributed by atoms with Gasteiger partial charge in [0.2, 0.25) is 5.88 Å². The fourth-order valence-electron chi connectivity index (χ4n) is 1.96. The van der Waals surface area contributed by atoms with E-state index in [2.05, 4.69) is 15.3 Å². The molecule has 116 valence electrons. The molecule has 6 nitrogen and oxygen atoms in total. The highest BCUT2D eigenvalue weighted by Crippen LogP contribution is 2.20. The van der Waals surface area contributed by atoms with E-state index < -0.39 is 0 Å². The first-order valence-corrected chi connectivity index (χ1v) is 7.10. The average molecular weight is 316 g/mol. The lowest BCUT2D eigenvalue weighted by atomic mass is 10.2. The molecule has 0 bridgehead atoms. The zero-order chi connectivity index (χ0) is 16.8. The minimum atomic E-state index is -0.284. The second kappa shape index (κ2) is 7.03. The molecular weight excluding hydrogens is 304 g/mol. The van der Waals surface area contributed by atoms with Crippen LogP contribution in [0, 0.1) is 11.3 Å². The first-order chi connectivity index (χ1) is 11.7. The number of nitrogens with zero attached hydrogens (tertiary/aromatic N) is 3. The molecule has 0 aliphatic carbocycles. The Bertz CT molecular complexity index is 887. The van der Waals surface area contributed by atoms with Gasteiger partial charge >= 0.3 is 0 Å². The van der Waals surface area contributed by atoms with Crippen LogP contribution in [0.3, 0.4) is 0 Å². The molecule has 6 heteroatoms. The normalized spacial score (nSPS) is 9.79. The SMILES string of the molecule is N#Cc1cccc(Oc2ccc(C(=O)Nc3cccnc3)cn2)c1. The number of aromatic nitrogens is 2. The number of nitrogens with one attached hydrogen (secondary N) is 1. The van der Waals surface area contributed by atoms with Gasteiger partial charge in [0.25, 0.3) is 5.91 Å². The third-order valence-corrected chi connectivity index (χ3v) is 3.10. The Morgan fingerprint density at radius 3 is 2.75 bits per heavy atom. The van der Waals surface area contributed by atoms with Gasteiger partial charge in [-0.1, -0.05) is 6.07 Å². The van der Waals surface area contributed by atoms with Crippen molar-refractivity contribution in [1.82, 2.24) is 9.97 Å². The maximum absolute atomic E-state index is 12.1. The third kappa shape index (κ3) is 3.72. The van der Waals surface area contributed by atoms with E-state index in [1.165, 1.54) is 6.20 Å². The number of hydrogen-bond donors (Lipinski definition) is 1. The maximum Gasteiger partial charge on any atom is 0.257 e. The predicted octanol–water partition coefficient (Wildman–Crippen LogP) is 3.39. The molecule has 0 saturated carbocycles. The van der Waals surface area contributed by atoms with Crippen molar-refractivity contribution in [3.63, 3.8) is 0 Å². The van der Waals surface area contributed by atoms with Gasteiger partial charge < -0.3 is 10.1 Å². The van der Waals surface area contributed by atoms with Gasteiger partial charge in [0, 0.05) is 18.5 Å². The topological polar surface area (TPSA) is 87.9 Å². The average Bonchev–Trinajstić information content (AvgIpc) is 2.63. The lowest BCUT2D eigenvalue weighted by Gasteiger charge is -2.07. The second-order valence-corrected chi connectivity index (χ2v) is 4.82. The second-order valence-electron chi connectivity index (χ2n) is 4.82. The highest BCUT2D eigenvalue weighted by atomic mass is 16.5. The number of rotatable bonds is 4. The highest BCUT2D eigenvalue weighted by molar-refractivity contribution is 6.03. The summed E-state index contributed by atoms with van der Waals surface area (Å²) in [6.07, 6.45) is 4.62. The molecule has 0 spiro atoms. The largest absolute Gasteiger partial charge is 0.439 e. The van der Waals surface area contributed by atoms with E-state index in [-0.39, 0.29) is 5.91 Å². The fourth-order valence-corrected chi connectivity index (χ4v) is 1.96. The van der Waals surface area contributed by atoms with Crippen molar-refractivity contribution < 1.29 is 9.53 Å². The number of ether oxygens (including phenoxy) is 1. The summed E-state index contributed by atoms with van der Waals surface area (Å²) in [6.45, 7) is 0. The lowest BCUT2D eigenvalue weighted by molar-refractivity contribution is 0.102. The molecule has 1 amide bonds. The molecule has 2 heterocycles. The van der Waals surface area contributed by atoms with Crippen molar-refractivity contribution in [1.29, 1.82) is 5.26 Å². The van der Waals surface area contributed by atoms with Gasteiger partial charge in [-0.3, -0.25) is 9.78 Å². The standard InChI is InChI=1S/C18H12N4O2/c19-10-13-3-1-5-16(9-13)24-17-7-6-14(11-21-17)18(23)22-15-4-2-8-20-12-15/h1-9,11-12H,(H,22,23). The van der Waals surface area contributed by atoms with Crippen LogP contribution in [0.1, 0.15) is 15.9 Å².